The van der Waals surface area contributed by atoms with E-state index in [0.29, 0.717) is 32.4 Å². The third-order valence-corrected chi connectivity index (χ3v) is 9.69. The fraction of sp³-hybridized carbons (Fsp3) is 0.200. The number of carbonyl (C=O) groups is 4. The van der Waals surface area contributed by atoms with Crippen LogP contribution in [-0.2, 0) is 25.7 Å². The minimum Gasteiger partial charge on any atom is -0.462 e. The minimum absolute atomic E-state index is 0.225. The summed E-state index contributed by atoms with van der Waals surface area (Å²) in [5, 5.41) is 2.45. The van der Waals surface area contributed by atoms with Gasteiger partial charge in [-0.15, -0.1) is 0 Å². The van der Waals surface area contributed by atoms with E-state index in [1.54, 1.807) is 61.8 Å². The van der Waals surface area contributed by atoms with Crippen LogP contribution in [0.15, 0.2) is 88.9 Å². The third-order valence-electron chi connectivity index (χ3n) is 7.09. The van der Waals surface area contributed by atoms with E-state index in [0.717, 1.165) is 28.0 Å². The molecule has 1 N–H and O–H groups in total. The monoisotopic (exact) mass is 600 g/mol. The number of thiazole rings is 1. The Labute approximate surface area is 248 Å². The van der Waals surface area contributed by atoms with Crippen molar-refractivity contribution in [1.29, 1.82) is 0 Å². The second kappa shape index (κ2) is 11.4. The number of nitrogens with zero attached hydrogens (tertiary/aromatic N) is 3. The molecule has 0 saturated carbocycles. The number of hydrogen-bond acceptors (Lipinski definition) is 9. The summed E-state index contributed by atoms with van der Waals surface area (Å²) < 4.78 is 6.41. The Balaban J connectivity index is 1.36. The molecule has 0 aliphatic carbocycles. The van der Waals surface area contributed by atoms with E-state index in [1.807, 2.05) is 12.1 Å². The van der Waals surface area contributed by atoms with Gasteiger partial charge in [-0.2, -0.15) is 0 Å². The van der Waals surface area contributed by atoms with Crippen molar-refractivity contribution >= 4 is 58.2 Å². The van der Waals surface area contributed by atoms with Gasteiger partial charge in [-0.3, -0.25) is 28.7 Å². The lowest BCUT2D eigenvalue weighted by Gasteiger charge is -2.30. The highest BCUT2D eigenvalue weighted by Crippen LogP contribution is 2.53. The van der Waals surface area contributed by atoms with Gasteiger partial charge in [-0.1, -0.05) is 47.4 Å². The van der Waals surface area contributed by atoms with E-state index < -0.39 is 34.9 Å². The lowest BCUT2D eigenvalue weighted by molar-refractivity contribution is -0.122. The van der Waals surface area contributed by atoms with Crippen molar-refractivity contribution in [2.45, 2.75) is 29.7 Å². The number of thioether (sulfide) groups is 1. The number of ether oxygens (including phenoxy) is 1. The van der Waals surface area contributed by atoms with E-state index >= 15 is 0 Å². The zero-order chi connectivity index (χ0) is 29.4. The summed E-state index contributed by atoms with van der Waals surface area (Å²) in [7, 11) is 0. The van der Waals surface area contributed by atoms with Gasteiger partial charge in [0.15, 0.2) is 0 Å². The van der Waals surface area contributed by atoms with Gasteiger partial charge in [-0.25, -0.2) is 9.69 Å². The summed E-state index contributed by atoms with van der Waals surface area (Å²) in [5.74, 6) is -3.14. The van der Waals surface area contributed by atoms with Crippen LogP contribution in [-0.4, -0.2) is 45.1 Å². The zero-order valence-electron chi connectivity index (χ0n) is 22.3. The average Bonchev–Trinajstić information content (AvgIpc) is 3.44. The molecule has 212 valence electrons. The van der Waals surface area contributed by atoms with Crippen LogP contribution in [0.3, 0.4) is 0 Å². The molecule has 0 radical (unpaired) electrons. The summed E-state index contributed by atoms with van der Waals surface area (Å²) in [6.45, 7) is 1.69. The molecule has 2 unspecified atom stereocenters. The van der Waals surface area contributed by atoms with Gasteiger partial charge in [0.25, 0.3) is 0 Å². The van der Waals surface area contributed by atoms with Crippen LogP contribution in [0.25, 0.3) is 0 Å². The number of hydrogen-bond donors (Lipinski definition) is 1. The lowest BCUT2D eigenvalue weighted by atomic mass is 9.84. The number of amides is 3. The van der Waals surface area contributed by atoms with Gasteiger partial charge in [-0.05, 0) is 55.0 Å². The summed E-state index contributed by atoms with van der Waals surface area (Å²) in [4.78, 5) is 71.7. The van der Waals surface area contributed by atoms with Crippen molar-refractivity contribution in [1.82, 2.24) is 9.55 Å². The van der Waals surface area contributed by atoms with Crippen molar-refractivity contribution in [2.24, 2.45) is 5.92 Å². The molecule has 2 aromatic heterocycles. The number of anilines is 2. The van der Waals surface area contributed by atoms with E-state index in [4.69, 9.17) is 4.74 Å². The number of imide groups is 1. The molecule has 10 nitrogen and oxygen atoms in total. The van der Waals surface area contributed by atoms with Crippen molar-refractivity contribution in [2.75, 3.05) is 16.8 Å². The van der Waals surface area contributed by atoms with Crippen LogP contribution >= 0.6 is 23.1 Å². The van der Waals surface area contributed by atoms with Gasteiger partial charge in [0.1, 0.15) is 11.8 Å². The highest BCUT2D eigenvalue weighted by Gasteiger charge is 2.56. The van der Waals surface area contributed by atoms with Gasteiger partial charge in [0.2, 0.25) is 17.7 Å². The maximum Gasteiger partial charge on any atom is 0.338 e. The molecule has 2 aliphatic heterocycles. The normalized spacial score (nSPS) is 19.3. The number of benzene rings is 2. The molecular formula is C30H24N4O6S2. The SMILES string of the molecule is CCOC(=O)c1ccc(N2C(=O)C3Sc4c(sc(=O)n4CC(=O)Nc4ccccc4)[C@@H](c4cccnc4)C3C2=O)cc1. The Morgan fingerprint density at radius 1 is 0.976 bits per heavy atom. The highest BCUT2D eigenvalue weighted by atomic mass is 32.2. The Morgan fingerprint density at radius 2 is 1.74 bits per heavy atom. The second-order valence-electron chi connectivity index (χ2n) is 9.65. The number of rotatable bonds is 7. The van der Waals surface area contributed by atoms with Crippen molar-refractivity contribution in [3.8, 4) is 0 Å². The van der Waals surface area contributed by atoms with Crippen LogP contribution < -0.4 is 15.1 Å². The average molecular weight is 601 g/mol. The summed E-state index contributed by atoms with van der Waals surface area (Å²) in [6.07, 6.45) is 3.24. The Kier molecular flexibility index (Phi) is 7.48. The first-order valence-corrected chi connectivity index (χ1v) is 14.9. The summed E-state index contributed by atoms with van der Waals surface area (Å²) >= 11 is 2.11. The van der Waals surface area contributed by atoms with Crippen molar-refractivity contribution in [3.63, 3.8) is 0 Å². The number of para-hydroxylation sites is 1. The number of esters is 1. The Hall–Kier alpha value is -4.55. The van der Waals surface area contributed by atoms with Crippen LogP contribution in [0, 0.1) is 5.92 Å². The number of aromatic nitrogens is 2. The molecule has 2 aromatic carbocycles. The molecule has 1 fully saturated rings. The number of pyridine rings is 1. The molecule has 0 bridgehead atoms. The lowest BCUT2D eigenvalue weighted by Crippen LogP contribution is -2.33. The van der Waals surface area contributed by atoms with E-state index in [2.05, 4.69) is 10.3 Å². The fourth-order valence-corrected chi connectivity index (χ4v) is 8.03. The standard InChI is InChI=1S/C30H24N4O6S2/c1-2-40-29(38)17-10-12-20(13-11-17)34-26(36)23-22(18-7-6-14-31-15-18)25-28(41-24(23)27(34)37)33(30(39)42-25)16-21(35)32-19-8-4-3-5-9-19/h3-15,22-24H,2,16H2,1H3,(H,32,35)/t22-,23?,24?/m0/s1. The van der Waals surface area contributed by atoms with Gasteiger partial charge in [0, 0.05) is 28.9 Å². The molecule has 0 spiro atoms. The molecular weight excluding hydrogens is 576 g/mol. The molecule has 2 aliphatic rings. The van der Waals surface area contributed by atoms with Crippen molar-refractivity contribution < 1.29 is 23.9 Å². The number of nitrogens with one attached hydrogen (secondary N) is 1. The molecule has 4 aromatic rings. The Morgan fingerprint density at radius 3 is 2.43 bits per heavy atom. The summed E-state index contributed by atoms with van der Waals surface area (Å²) in [5.41, 5.74) is 1.93. The molecule has 42 heavy (non-hydrogen) atoms. The molecule has 3 amide bonds. The maximum absolute atomic E-state index is 14.0. The molecule has 3 atom stereocenters. The smallest absolute Gasteiger partial charge is 0.338 e. The molecule has 1 saturated heterocycles. The van der Waals surface area contributed by atoms with E-state index in [1.165, 1.54) is 16.7 Å². The minimum atomic E-state index is -0.836. The fourth-order valence-electron chi connectivity index (χ4n) is 5.26. The first kappa shape index (κ1) is 27.6. The van der Waals surface area contributed by atoms with Crippen LogP contribution in [0.5, 0.6) is 0 Å². The highest BCUT2D eigenvalue weighted by molar-refractivity contribution is 8.00. The maximum atomic E-state index is 14.0. The topological polar surface area (TPSA) is 128 Å². The molecule has 12 heteroatoms. The first-order chi connectivity index (χ1) is 20.4. The largest absolute Gasteiger partial charge is 0.462 e. The predicted molar refractivity (Wildman–Crippen MR) is 158 cm³/mol. The number of carbonyl (C=O) groups excluding carboxylic acids is 4. The first-order valence-electron chi connectivity index (χ1n) is 13.2. The van der Waals surface area contributed by atoms with Gasteiger partial charge < -0.3 is 10.1 Å². The van der Waals surface area contributed by atoms with E-state index in [-0.39, 0.29) is 23.9 Å². The van der Waals surface area contributed by atoms with Gasteiger partial charge in [0.05, 0.1) is 28.8 Å². The van der Waals surface area contributed by atoms with Crippen LogP contribution in [0.2, 0.25) is 0 Å². The van der Waals surface area contributed by atoms with Crippen molar-refractivity contribution in [3.05, 3.63) is 105 Å². The summed E-state index contributed by atoms with van der Waals surface area (Å²) in [6, 6.07) is 18.6. The number of fused-ring (bicyclic) bond motifs is 2. The molecule has 4 heterocycles. The second-order valence-corrected chi connectivity index (χ2v) is 11.8. The predicted octanol–water partition coefficient (Wildman–Crippen LogP) is 3.92. The van der Waals surface area contributed by atoms with Crippen LogP contribution in [0.4, 0.5) is 11.4 Å². The molecule has 6 rings (SSSR count). The third kappa shape index (κ3) is 4.92. The van der Waals surface area contributed by atoms with Crippen LogP contribution in [0.1, 0.15) is 33.6 Å². The zero-order valence-corrected chi connectivity index (χ0v) is 23.9. The van der Waals surface area contributed by atoms with Gasteiger partial charge >= 0.3 is 10.8 Å². The van der Waals surface area contributed by atoms with E-state index in [9.17, 15) is 24.0 Å². The Bertz CT molecular complexity index is 1740. The quantitative estimate of drug-likeness (QED) is 0.250.